The Labute approximate surface area is 70.4 Å². The predicted molar refractivity (Wildman–Crippen MR) is 49.4 cm³/mol. The fourth-order valence-corrected chi connectivity index (χ4v) is 2.09. The molecule has 66 valence electrons. The van der Waals surface area contributed by atoms with Crippen molar-refractivity contribution in [1.82, 2.24) is 0 Å². The molecule has 0 aromatic heterocycles. The average Bonchev–Trinajstić information content (AvgIpc) is 1.93. The first-order valence-electron chi connectivity index (χ1n) is 4.94. The highest BCUT2D eigenvalue weighted by Gasteiger charge is 2.18. The minimum absolute atomic E-state index is 0.411. The van der Waals surface area contributed by atoms with Gasteiger partial charge in [0.15, 0.2) is 0 Å². The Hall–Kier alpha value is -0.0400. The summed E-state index contributed by atoms with van der Waals surface area (Å²) in [4.78, 5) is 0. The van der Waals surface area contributed by atoms with E-state index >= 15 is 0 Å². The third-order valence-corrected chi connectivity index (χ3v) is 2.84. The molecule has 1 aliphatic carbocycles. The number of nitrogens with two attached hydrogens (primary N) is 1. The van der Waals surface area contributed by atoms with Crippen LogP contribution in [0.15, 0.2) is 0 Å². The molecular formula is C10H21N. The van der Waals surface area contributed by atoms with Gasteiger partial charge >= 0.3 is 0 Å². The standard InChI is InChI=1S/C10H21N/c1-8-3-5-10(6-4-8)7-9(2)11/h8-10H,3-7,11H2,1-2H3/t8?,9-,10?/m0/s1. The molecule has 1 atom stereocenters. The Bertz CT molecular complexity index is 101. The zero-order chi connectivity index (χ0) is 8.27. The van der Waals surface area contributed by atoms with Gasteiger partial charge < -0.3 is 5.73 Å². The molecule has 0 bridgehead atoms. The molecule has 0 radical (unpaired) electrons. The summed E-state index contributed by atoms with van der Waals surface area (Å²) < 4.78 is 0. The predicted octanol–water partition coefficient (Wildman–Crippen LogP) is 2.55. The van der Waals surface area contributed by atoms with Crippen LogP contribution in [0.4, 0.5) is 0 Å². The molecule has 0 aromatic carbocycles. The first kappa shape index (κ1) is 9.05. The highest BCUT2D eigenvalue weighted by atomic mass is 14.6. The van der Waals surface area contributed by atoms with E-state index in [0.29, 0.717) is 6.04 Å². The van der Waals surface area contributed by atoms with Crippen LogP contribution in [0.25, 0.3) is 0 Å². The molecule has 11 heavy (non-hydrogen) atoms. The van der Waals surface area contributed by atoms with Crippen LogP contribution >= 0.6 is 0 Å². The van der Waals surface area contributed by atoms with Gasteiger partial charge in [0.2, 0.25) is 0 Å². The first-order valence-corrected chi connectivity index (χ1v) is 4.94. The lowest BCUT2D eigenvalue weighted by Gasteiger charge is -2.27. The summed E-state index contributed by atoms with van der Waals surface area (Å²) in [6.45, 7) is 4.49. The second-order valence-corrected chi connectivity index (χ2v) is 4.34. The zero-order valence-electron chi connectivity index (χ0n) is 7.84. The van der Waals surface area contributed by atoms with E-state index in [1.165, 1.54) is 32.1 Å². The number of hydrogen-bond donors (Lipinski definition) is 1. The smallest absolute Gasteiger partial charge is 0.00131 e. The van der Waals surface area contributed by atoms with Crippen LogP contribution in [0.2, 0.25) is 0 Å². The van der Waals surface area contributed by atoms with Crippen molar-refractivity contribution >= 4 is 0 Å². The summed E-state index contributed by atoms with van der Waals surface area (Å²) in [6, 6.07) is 0.411. The van der Waals surface area contributed by atoms with Gasteiger partial charge in [-0.25, -0.2) is 0 Å². The van der Waals surface area contributed by atoms with Gasteiger partial charge in [-0.3, -0.25) is 0 Å². The Morgan fingerprint density at radius 3 is 2.27 bits per heavy atom. The normalized spacial score (nSPS) is 35.2. The fourth-order valence-electron chi connectivity index (χ4n) is 2.09. The van der Waals surface area contributed by atoms with Gasteiger partial charge in [-0.1, -0.05) is 32.6 Å². The summed E-state index contributed by atoms with van der Waals surface area (Å²) in [6.07, 6.45) is 6.94. The van der Waals surface area contributed by atoms with Crippen LogP contribution < -0.4 is 5.73 Å². The lowest BCUT2D eigenvalue weighted by molar-refractivity contribution is 0.268. The Balaban J connectivity index is 2.17. The summed E-state index contributed by atoms with van der Waals surface area (Å²) in [5.41, 5.74) is 5.76. The van der Waals surface area contributed by atoms with Crippen molar-refractivity contribution in [1.29, 1.82) is 0 Å². The SMILES string of the molecule is CC1CCC(C[C@H](C)N)CC1. The third-order valence-electron chi connectivity index (χ3n) is 2.84. The van der Waals surface area contributed by atoms with Gasteiger partial charge in [-0.2, -0.15) is 0 Å². The van der Waals surface area contributed by atoms with Crippen molar-refractivity contribution in [3.8, 4) is 0 Å². The van der Waals surface area contributed by atoms with Crippen molar-refractivity contribution < 1.29 is 0 Å². The maximum Gasteiger partial charge on any atom is 0.00131 e. The van der Waals surface area contributed by atoms with Gasteiger partial charge in [0.1, 0.15) is 0 Å². The monoisotopic (exact) mass is 155 g/mol. The van der Waals surface area contributed by atoms with E-state index in [4.69, 9.17) is 5.73 Å². The first-order chi connectivity index (χ1) is 5.18. The van der Waals surface area contributed by atoms with Crippen LogP contribution in [0, 0.1) is 11.8 Å². The minimum Gasteiger partial charge on any atom is -0.328 e. The van der Waals surface area contributed by atoms with Gasteiger partial charge in [0.05, 0.1) is 0 Å². The Morgan fingerprint density at radius 2 is 1.82 bits per heavy atom. The van der Waals surface area contributed by atoms with Gasteiger partial charge in [-0.15, -0.1) is 0 Å². The van der Waals surface area contributed by atoms with Crippen molar-refractivity contribution in [3.05, 3.63) is 0 Å². The molecule has 0 spiro atoms. The van der Waals surface area contributed by atoms with Gasteiger partial charge in [0.25, 0.3) is 0 Å². The molecule has 0 heterocycles. The van der Waals surface area contributed by atoms with E-state index in [0.717, 1.165) is 11.8 Å². The summed E-state index contributed by atoms with van der Waals surface area (Å²) in [7, 11) is 0. The van der Waals surface area contributed by atoms with Gasteiger partial charge in [-0.05, 0) is 25.2 Å². The van der Waals surface area contributed by atoms with E-state index in [-0.39, 0.29) is 0 Å². The number of rotatable bonds is 2. The zero-order valence-corrected chi connectivity index (χ0v) is 7.84. The van der Waals surface area contributed by atoms with Crippen LogP contribution in [0.1, 0.15) is 46.0 Å². The third kappa shape index (κ3) is 3.24. The summed E-state index contributed by atoms with van der Waals surface area (Å²) >= 11 is 0. The highest BCUT2D eigenvalue weighted by molar-refractivity contribution is 4.72. The molecule has 1 saturated carbocycles. The maximum absolute atomic E-state index is 5.76. The molecule has 0 unspecified atom stereocenters. The molecule has 0 saturated heterocycles. The average molecular weight is 155 g/mol. The molecule has 0 aromatic rings. The van der Waals surface area contributed by atoms with E-state index in [2.05, 4.69) is 13.8 Å². The molecule has 1 fully saturated rings. The Morgan fingerprint density at radius 1 is 1.27 bits per heavy atom. The molecule has 1 heteroatoms. The molecule has 2 N–H and O–H groups in total. The molecular weight excluding hydrogens is 134 g/mol. The lowest BCUT2D eigenvalue weighted by atomic mass is 9.80. The van der Waals surface area contributed by atoms with E-state index in [9.17, 15) is 0 Å². The van der Waals surface area contributed by atoms with Crippen molar-refractivity contribution in [3.63, 3.8) is 0 Å². The Kier molecular flexibility index (Phi) is 3.38. The van der Waals surface area contributed by atoms with Gasteiger partial charge in [0, 0.05) is 6.04 Å². The molecule has 0 amide bonds. The molecule has 0 aliphatic heterocycles. The molecule has 1 aliphatic rings. The lowest BCUT2D eigenvalue weighted by Crippen LogP contribution is -2.22. The van der Waals surface area contributed by atoms with Crippen molar-refractivity contribution in [2.45, 2.75) is 52.0 Å². The van der Waals surface area contributed by atoms with E-state index in [1.807, 2.05) is 0 Å². The summed E-state index contributed by atoms with van der Waals surface area (Å²) in [5.74, 6) is 1.91. The molecule has 1 nitrogen and oxygen atoms in total. The van der Waals surface area contributed by atoms with Crippen molar-refractivity contribution in [2.75, 3.05) is 0 Å². The van der Waals surface area contributed by atoms with Crippen LogP contribution in [0.3, 0.4) is 0 Å². The van der Waals surface area contributed by atoms with Crippen molar-refractivity contribution in [2.24, 2.45) is 17.6 Å². The minimum atomic E-state index is 0.411. The van der Waals surface area contributed by atoms with E-state index < -0.39 is 0 Å². The number of hydrogen-bond acceptors (Lipinski definition) is 1. The second kappa shape index (κ2) is 4.10. The van der Waals surface area contributed by atoms with E-state index in [1.54, 1.807) is 0 Å². The van der Waals surface area contributed by atoms with Crippen LogP contribution in [-0.4, -0.2) is 6.04 Å². The van der Waals surface area contributed by atoms with Crippen LogP contribution in [-0.2, 0) is 0 Å². The largest absolute Gasteiger partial charge is 0.328 e. The second-order valence-electron chi connectivity index (χ2n) is 4.34. The maximum atomic E-state index is 5.76. The molecule has 1 rings (SSSR count). The fraction of sp³-hybridized carbons (Fsp3) is 1.00. The summed E-state index contributed by atoms with van der Waals surface area (Å²) in [5, 5.41) is 0. The quantitative estimate of drug-likeness (QED) is 0.651. The van der Waals surface area contributed by atoms with Crippen LogP contribution in [0.5, 0.6) is 0 Å². The topological polar surface area (TPSA) is 26.0 Å². The highest BCUT2D eigenvalue weighted by Crippen LogP contribution is 2.30.